The van der Waals surface area contributed by atoms with Gasteiger partial charge in [0.05, 0.1) is 6.54 Å². The summed E-state index contributed by atoms with van der Waals surface area (Å²) in [6, 6.07) is 4.76. The number of rotatable bonds is 2. The number of anilines is 1. The number of nitrogens with zero attached hydrogens (tertiary/aromatic N) is 1. The van der Waals surface area contributed by atoms with E-state index in [9.17, 15) is 9.18 Å². The summed E-state index contributed by atoms with van der Waals surface area (Å²) < 4.78 is 13.1. The zero-order chi connectivity index (χ0) is 11.1. The molecule has 15 heavy (non-hydrogen) atoms. The Morgan fingerprint density at radius 2 is 2.27 bits per heavy atom. The second-order valence-corrected chi connectivity index (χ2v) is 4.59. The molecule has 0 atom stereocenters. The van der Waals surface area contributed by atoms with Crippen molar-refractivity contribution >= 4 is 12.0 Å². The van der Waals surface area contributed by atoms with Gasteiger partial charge in [-0.25, -0.2) is 4.39 Å². The molecular weight excluding hydrogens is 193 g/mol. The Morgan fingerprint density at radius 1 is 1.53 bits per heavy atom. The standard InChI is InChI=1S/C12H14FNO/c1-12(2)8-14(5-6-15)11-4-3-9(13)7-10(11)12/h3-4,6-7H,5,8H2,1-2H3. The fraction of sp³-hybridized carbons (Fsp3) is 0.417. The van der Waals surface area contributed by atoms with Crippen LogP contribution in [0.5, 0.6) is 0 Å². The van der Waals surface area contributed by atoms with E-state index >= 15 is 0 Å². The first kappa shape index (κ1) is 10.1. The maximum atomic E-state index is 13.1. The van der Waals surface area contributed by atoms with E-state index in [1.54, 1.807) is 12.1 Å². The van der Waals surface area contributed by atoms with Crippen molar-refractivity contribution in [1.29, 1.82) is 0 Å². The highest BCUT2D eigenvalue weighted by Crippen LogP contribution is 2.40. The normalized spacial score (nSPS) is 17.7. The zero-order valence-corrected chi connectivity index (χ0v) is 8.96. The summed E-state index contributed by atoms with van der Waals surface area (Å²) in [6.45, 7) is 5.28. The molecule has 0 amide bonds. The number of carbonyl (C=O) groups excluding carboxylic acids is 1. The van der Waals surface area contributed by atoms with E-state index in [2.05, 4.69) is 13.8 Å². The van der Waals surface area contributed by atoms with Crippen LogP contribution in [-0.4, -0.2) is 19.4 Å². The molecule has 0 bridgehead atoms. The Bertz CT molecular complexity index is 401. The Morgan fingerprint density at radius 3 is 2.93 bits per heavy atom. The fourth-order valence-electron chi connectivity index (χ4n) is 2.23. The van der Waals surface area contributed by atoms with Gasteiger partial charge in [0.25, 0.3) is 0 Å². The minimum absolute atomic E-state index is 0.0829. The van der Waals surface area contributed by atoms with Gasteiger partial charge in [-0.2, -0.15) is 0 Å². The van der Waals surface area contributed by atoms with Crippen molar-refractivity contribution in [2.75, 3.05) is 18.0 Å². The lowest BCUT2D eigenvalue weighted by atomic mass is 9.87. The lowest BCUT2D eigenvalue weighted by Crippen LogP contribution is -2.29. The van der Waals surface area contributed by atoms with Gasteiger partial charge in [-0.3, -0.25) is 0 Å². The van der Waals surface area contributed by atoms with Crippen LogP contribution in [0.2, 0.25) is 0 Å². The molecule has 0 fully saturated rings. The van der Waals surface area contributed by atoms with Crippen molar-refractivity contribution < 1.29 is 9.18 Å². The third kappa shape index (κ3) is 1.62. The van der Waals surface area contributed by atoms with Crippen LogP contribution in [0.1, 0.15) is 19.4 Å². The quantitative estimate of drug-likeness (QED) is 0.692. The lowest BCUT2D eigenvalue weighted by Gasteiger charge is -2.20. The van der Waals surface area contributed by atoms with Crippen molar-refractivity contribution in [3.8, 4) is 0 Å². The summed E-state index contributed by atoms with van der Waals surface area (Å²) in [6.07, 6.45) is 0.883. The van der Waals surface area contributed by atoms with Gasteiger partial charge in [-0.05, 0) is 23.8 Å². The molecule has 80 valence electrons. The van der Waals surface area contributed by atoms with E-state index in [0.717, 1.165) is 24.1 Å². The summed E-state index contributed by atoms with van der Waals surface area (Å²) in [5, 5.41) is 0. The van der Waals surface area contributed by atoms with Crippen LogP contribution in [-0.2, 0) is 10.2 Å². The number of hydrogen-bond acceptors (Lipinski definition) is 2. The van der Waals surface area contributed by atoms with Crippen molar-refractivity contribution in [2.24, 2.45) is 0 Å². The second kappa shape index (κ2) is 3.33. The average molecular weight is 207 g/mol. The molecule has 0 spiro atoms. The number of benzene rings is 1. The molecule has 1 heterocycles. The fourth-order valence-corrected chi connectivity index (χ4v) is 2.23. The topological polar surface area (TPSA) is 20.3 Å². The summed E-state index contributed by atoms with van der Waals surface area (Å²) in [5.41, 5.74) is 1.89. The van der Waals surface area contributed by atoms with Crippen LogP contribution in [0.15, 0.2) is 18.2 Å². The second-order valence-electron chi connectivity index (χ2n) is 4.59. The molecule has 0 saturated carbocycles. The van der Waals surface area contributed by atoms with Crippen molar-refractivity contribution in [2.45, 2.75) is 19.3 Å². The van der Waals surface area contributed by atoms with Crippen molar-refractivity contribution in [3.63, 3.8) is 0 Å². The molecular formula is C12H14FNO. The summed E-state index contributed by atoms with van der Waals surface area (Å²) in [4.78, 5) is 12.5. The van der Waals surface area contributed by atoms with Gasteiger partial charge in [-0.1, -0.05) is 13.8 Å². The molecule has 0 aromatic heterocycles. The first-order valence-corrected chi connectivity index (χ1v) is 5.03. The monoisotopic (exact) mass is 207 g/mol. The highest BCUT2D eigenvalue weighted by Gasteiger charge is 2.34. The third-order valence-corrected chi connectivity index (χ3v) is 2.91. The van der Waals surface area contributed by atoms with E-state index in [1.165, 1.54) is 6.07 Å². The third-order valence-electron chi connectivity index (χ3n) is 2.91. The maximum Gasteiger partial charge on any atom is 0.139 e. The smallest absolute Gasteiger partial charge is 0.139 e. The van der Waals surface area contributed by atoms with Gasteiger partial charge >= 0.3 is 0 Å². The maximum absolute atomic E-state index is 13.1. The van der Waals surface area contributed by atoms with Gasteiger partial charge in [0.2, 0.25) is 0 Å². The average Bonchev–Trinajstić information content (AvgIpc) is 2.39. The summed E-state index contributed by atoms with van der Waals surface area (Å²) >= 11 is 0. The largest absolute Gasteiger partial charge is 0.363 e. The minimum atomic E-state index is -0.213. The van der Waals surface area contributed by atoms with Gasteiger partial charge in [0, 0.05) is 17.6 Å². The van der Waals surface area contributed by atoms with E-state index in [4.69, 9.17) is 0 Å². The van der Waals surface area contributed by atoms with Gasteiger partial charge in [0.1, 0.15) is 12.1 Å². The van der Waals surface area contributed by atoms with Crippen LogP contribution in [0.25, 0.3) is 0 Å². The van der Waals surface area contributed by atoms with Crippen molar-refractivity contribution in [1.82, 2.24) is 0 Å². The Hall–Kier alpha value is -1.38. The SMILES string of the molecule is CC1(C)CN(CC=O)c2ccc(F)cc21. The van der Waals surface area contributed by atoms with Crippen LogP contribution >= 0.6 is 0 Å². The zero-order valence-electron chi connectivity index (χ0n) is 8.96. The van der Waals surface area contributed by atoms with Crippen LogP contribution in [0.3, 0.4) is 0 Å². The predicted octanol–water partition coefficient (Wildman–Crippen LogP) is 2.12. The molecule has 1 aliphatic heterocycles. The van der Waals surface area contributed by atoms with Crippen molar-refractivity contribution in [3.05, 3.63) is 29.6 Å². The number of aldehydes is 1. The molecule has 2 rings (SSSR count). The minimum Gasteiger partial charge on any atom is -0.363 e. The van der Waals surface area contributed by atoms with Crippen LogP contribution in [0.4, 0.5) is 10.1 Å². The Balaban J connectivity index is 2.47. The highest BCUT2D eigenvalue weighted by atomic mass is 19.1. The van der Waals surface area contributed by atoms with E-state index in [0.29, 0.717) is 6.54 Å². The lowest BCUT2D eigenvalue weighted by molar-refractivity contribution is -0.106. The molecule has 2 nitrogen and oxygen atoms in total. The molecule has 0 radical (unpaired) electrons. The first-order valence-electron chi connectivity index (χ1n) is 5.03. The summed E-state index contributed by atoms with van der Waals surface area (Å²) in [7, 11) is 0. The number of hydrogen-bond donors (Lipinski definition) is 0. The van der Waals surface area contributed by atoms with E-state index < -0.39 is 0 Å². The van der Waals surface area contributed by atoms with Gasteiger partial charge < -0.3 is 9.69 Å². The number of fused-ring (bicyclic) bond motifs is 1. The Kier molecular flexibility index (Phi) is 2.25. The Labute approximate surface area is 88.7 Å². The highest BCUT2D eigenvalue weighted by molar-refractivity contribution is 5.68. The molecule has 0 aliphatic carbocycles. The molecule has 0 saturated heterocycles. The van der Waals surface area contributed by atoms with E-state index in [1.807, 2.05) is 4.90 Å². The molecule has 1 aromatic carbocycles. The number of carbonyl (C=O) groups is 1. The van der Waals surface area contributed by atoms with Crippen LogP contribution in [0, 0.1) is 5.82 Å². The van der Waals surface area contributed by atoms with Gasteiger partial charge in [0.15, 0.2) is 0 Å². The molecule has 0 N–H and O–H groups in total. The molecule has 0 unspecified atom stereocenters. The molecule has 3 heteroatoms. The molecule has 1 aliphatic rings. The predicted molar refractivity (Wildman–Crippen MR) is 57.7 cm³/mol. The first-order chi connectivity index (χ1) is 7.04. The van der Waals surface area contributed by atoms with E-state index in [-0.39, 0.29) is 11.2 Å². The molecule has 1 aromatic rings. The van der Waals surface area contributed by atoms with Crippen LogP contribution < -0.4 is 4.90 Å². The summed E-state index contributed by atoms with van der Waals surface area (Å²) in [5.74, 6) is -0.213. The van der Waals surface area contributed by atoms with Gasteiger partial charge in [-0.15, -0.1) is 0 Å². The number of halogens is 1.